The van der Waals surface area contributed by atoms with E-state index in [9.17, 15) is 5.11 Å². The zero-order chi connectivity index (χ0) is 14.4. The zero-order valence-corrected chi connectivity index (χ0v) is 11.0. The smallest absolute Gasteiger partial charge is 0.226 e. The Hall–Kier alpha value is -1.68. The highest BCUT2D eigenvalue weighted by Crippen LogP contribution is 2.34. The fraction of sp³-hybridized carbons (Fsp3) is 0.500. The SMILES string of the molecule is Nc1nc(Cl)nc2c1nc(N)n2[C@H]1C[C@H](O)[C@@H](CO)O1. The molecular formula is C10H13ClN6O3. The number of aliphatic hydroxyl groups is 2. The summed E-state index contributed by atoms with van der Waals surface area (Å²) in [5.41, 5.74) is 12.2. The summed E-state index contributed by atoms with van der Waals surface area (Å²) in [5, 5.41) is 18.9. The third-order valence-electron chi connectivity index (χ3n) is 3.24. The molecule has 10 heteroatoms. The Morgan fingerprint density at radius 1 is 1.35 bits per heavy atom. The Labute approximate surface area is 118 Å². The average Bonchev–Trinajstić information content (AvgIpc) is 2.89. The largest absolute Gasteiger partial charge is 0.394 e. The molecule has 0 amide bonds. The third kappa shape index (κ3) is 1.95. The van der Waals surface area contributed by atoms with E-state index in [1.54, 1.807) is 0 Å². The molecule has 0 radical (unpaired) electrons. The van der Waals surface area contributed by atoms with Crippen LogP contribution in [0, 0.1) is 0 Å². The van der Waals surface area contributed by atoms with Crippen LogP contribution in [-0.2, 0) is 4.74 Å². The normalized spacial score (nSPS) is 26.4. The summed E-state index contributed by atoms with van der Waals surface area (Å²) in [5.74, 6) is 0.238. The molecule has 108 valence electrons. The fourth-order valence-electron chi connectivity index (χ4n) is 2.31. The van der Waals surface area contributed by atoms with Gasteiger partial charge in [-0.05, 0) is 11.6 Å². The fourth-order valence-corrected chi connectivity index (χ4v) is 2.48. The summed E-state index contributed by atoms with van der Waals surface area (Å²) in [7, 11) is 0. The summed E-state index contributed by atoms with van der Waals surface area (Å²) in [4.78, 5) is 11.9. The predicted octanol–water partition coefficient (Wildman–Crippen LogP) is -0.715. The van der Waals surface area contributed by atoms with Gasteiger partial charge >= 0.3 is 0 Å². The Bertz CT molecular complexity index is 662. The van der Waals surface area contributed by atoms with Crippen LogP contribution in [0.4, 0.5) is 11.8 Å². The highest BCUT2D eigenvalue weighted by Gasteiger charge is 2.36. The summed E-state index contributed by atoms with van der Waals surface area (Å²) in [6.07, 6.45) is -1.82. The van der Waals surface area contributed by atoms with Crippen molar-refractivity contribution in [2.45, 2.75) is 24.9 Å². The number of hydrogen-bond acceptors (Lipinski definition) is 8. The van der Waals surface area contributed by atoms with Gasteiger partial charge in [0.1, 0.15) is 12.3 Å². The maximum absolute atomic E-state index is 9.79. The highest BCUT2D eigenvalue weighted by atomic mass is 35.5. The number of hydrogen-bond donors (Lipinski definition) is 4. The molecule has 9 nitrogen and oxygen atoms in total. The Morgan fingerprint density at radius 2 is 2.10 bits per heavy atom. The van der Waals surface area contributed by atoms with Crippen LogP contribution in [0.1, 0.15) is 12.6 Å². The number of anilines is 2. The van der Waals surface area contributed by atoms with E-state index < -0.39 is 18.4 Å². The number of nitrogen functional groups attached to an aromatic ring is 2. The van der Waals surface area contributed by atoms with Gasteiger partial charge in [0, 0.05) is 6.42 Å². The minimum absolute atomic E-state index is 0.0339. The number of rotatable bonds is 2. The summed E-state index contributed by atoms with van der Waals surface area (Å²) in [6.45, 7) is -0.290. The first-order chi connectivity index (χ1) is 9.51. The quantitative estimate of drug-likeness (QED) is 0.532. The summed E-state index contributed by atoms with van der Waals surface area (Å²) in [6, 6.07) is 0. The zero-order valence-electron chi connectivity index (χ0n) is 10.3. The number of aromatic nitrogens is 4. The molecular weight excluding hydrogens is 288 g/mol. The van der Waals surface area contributed by atoms with Crippen LogP contribution < -0.4 is 11.5 Å². The number of nitrogens with two attached hydrogens (primary N) is 2. The van der Waals surface area contributed by atoms with Gasteiger partial charge in [0.05, 0.1) is 12.7 Å². The van der Waals surface area contributed by atoms with E-state index in [1.807, 2.05) is 0 Å². The molecule has 1 aliphatic rings. The number of imidazole rings is 1. The Morgan fingerprint density at radius 3 is 2.75 bits per heavy atom. The first kappa shape index (κ1) is 13.3. The number of aliphatic hydroxyl groups excluding tert-OH is 2. The van der Waals surface area contributed by atoms with Crippen molar-refractivity contribution in [1.29, 1.82) is 0 Å². The molecule has 1 fully saturated rings. The summed E-state index contributed by atoms with van der Waals surface area (Å²) >= 11 is 5.78. The van der Waals surface area contributed by atoms with Crippen molar-refractivity contribution in [3.63, 3.8) is 0 Å². The topological polar surface area (TPSA) is 145 Å². The van der Waals surface area contributed by atoms with E-state index in [2.05, 4.69) is 15.0 Å². The molecule has 3 atom stereocenters. The van der Waals surface area contributed by atoms with E-state index in [0.29, 0.717) is 11.2 Å². The molecule has 0 bridgehead atoms. The Balaban J connectivity index is 2.10. The molecule has 2 aromatic rings. The lowest BCUT2D eigenvalue weighted by Gasteiger charge is -2.14. The Kier molecular flexibility index (Phi) is 3.13. The van der Waals surface area contributed by atoms with Gasteiger partial charge in [0.15, 0.2) is 17.0 Å². The molecule has 0 aliphatic carbocycles. The average molecular weight is 301 g/mol. The molecule has 3 rings (SSSR count). The van der Waals surface area contributed by atoms with Crippen LogP contribution in [0.25, 0.3) is 11.2 Å². The number of fused-ring (bicyclic) bond motifs is 1. The maximum Gasteiger partial charge on any atom is 0.226 e. The van der Waals surface area contributed by atoms with Crippen molar-refractivity contribution < 1.29 is 14.9 Å². The van der Waals surface area contributed by atoms with Crippen molar-refractivity contribution in [3.05, 3.63) is 5.28 Å². The molecule has 1 saturated heterocycles. The molecule has 20 heavy (non-hydrogen) atoms. The minimum Gasteiger partial charge on any atom is -0.394 e. The monoisotopic (exact) mass is 300 g/mol. The van der Waals surface area contributed by atoms with Crippen LogP contribution in [0.2, 0.25) is 5.28 Å². The van der Waals surface area contributed by atoms with Crippen LogP contribution in [0.5, 0.6) is 0 Å². The molecule has 0 saturated carbocycles. The van der Waals surface area contributed by atoms with Crippen molar-refractivity contribution in [2.24, 2.45) is 0 Å². The van der Waals surface area contributed by atoms with E-state index in [-0.39, 0.29) is 30.1 Å². The first-order valence-corrected chi connectivity index (χ1v) is 6.30. The molecule has 3 heterocycles. The van der Waals surface area contributed by atoms with Gasteiger partial charge in [-0.25, -0.2) is 4.98 Å². The van der Waals surface area contributed by atoms with E-state index in [4.69, 9.17) is 32.9 Å². The lowest BCUT2D eigenvalue weighted by molar-refractivity contribution is -0.0425. The van der Waals surface area contributed by atoms with Crippen LogP contribution >= 0.6 is 11.6 Å². The second kappa shape index (κ2) is 4.70. The molecule has 1 aliphatic heterocycles. The van der Waals surface area contributed by atoms with Crippen molar-refractivity contribution in [1.82, 2.24) is 19.5 Å². The van der Waals surface area contributed by atoms with Gasteiger partial charge in [-0.2, -0.15) is 9.97 Å². The molecule has 6 N–H and O–H groups in total. The maximum atomic E-state index is 9.79. The number of nitrogens with zero attached hydrogens (tertiary/aromatic N) is 4. The van der Waals surface area contributed by atoms with E-state index >= 15 is 0 Å². The van der Waals surface area contributed by atoms with Gasteiger partial charge in [0.25, 0.3) is 0 Å². The van der Waals surface area contributed by atoms with Crippen molar-refractivity contribution >= 4 is 34.5 Å². The first-order valence-electron chi connectivity index (χ1n) is 5.92. The lowest BCUT2D eigenvalue weighted by Crippen LogP contribution is -2.24. The third-order valence-corrected chi connectivity index (χ3v) is 3.41. The number of halogens is 1. The molecule has 2 aromatic heterocycles. The number of ether oxygens (including phenoxy) is 1. The van der Waals surface area contributed by atoms with E-state index in [0.717, 1.165) is 0 Å². The summed E-state index contributed by atoms with van der Waals surface area (Å²) < 4.78 is 7.02. The van der Waals surface area contributed by atoms with E-state index in [1.165, 1.54) is 4.57 Å². The van der Waals surface area contributed by atoms with Gasteiger partial charge in [-0.15, -0.1) is 0 Å². The standard InChI is InChI=1S/C10H13ClN6O3/c11-9-15-7(12)6-8(16-9)17(10(13)14-6)5-1-3(19)4(2-18)20-5/h3-5,18-19H,1-2H2,(H2,13,14)(H2,12,15,16)/t3-,4+,5+/m0/s1. The molecule has 0 unspecified atom stereocenters. The second-order valence-electron chi connectivity index (χ2n) is 4.50. The molecule has 0 spiro atoms. The second-order valence-corrected chi connectivity index (χ2v) is 4.84. The highest BCUT2D eigenvalue weighted by molar-refractivity contribution is 6.28. The van der Waals surface area contributed by atoms with Gasteiger partial charge in [0.2, 0.25) is 11.2 Å². The predicted molar refractivity (Wildman–Crippen MR) is 70.8 cm³/mol. The van der Waals surface area contributed by atoms with Gasteiger partial charge < -0.3 is 26.4 Å². The van der Waals surface area contributed by atoms with Crippen LogP contribution in [0.15, 0.2) is 0 Å². The minimum atomic E-state index is -0.795. The molecule has 0 aromatic carbocycles. The van der Waals surface area contributed by atoms with Gasteiger partial charge in [-0.3, -0.25) is 4.57 Å². The van der Waals surface area contributed by atoms with Gasteiger partial charge in [-0.1, -0.05) is 0 Å². The van der Waals surface area contributed by atoms with Crippen LogP contribution in [0.3, 0.4) is 0 Å². The van der Waals surface area contributed by atoms with Crippen LogP contribution in [-0.4, -0.2) is 48.5 Å². The van der Waals surface area contributed by atoms with Crippen molar-refractivity contribution in [2.75, 3.05) is 18.1 Å². The van der Waals surface area contributed by atoms with Crippen molar-refractivity contribution in [3.8, 4) is 0 Å². The lowest BCUT2D eigenvalue weighted by atomic mass is 10.2.